The van der Waals surface area contributed by atoms with Gasteiger partial charge in [0.15, 0.2) is 5.72 Å². The van der Waals surface area contributed by atoms with Gasteiger partial charge >= 0.3 is 6.03 Å². The highest BCUT2D eigenvalue weighted by molar-refractivity contribution is 9.10. The van der Waals surface area contributed by atoms with Gasteiger partial charge in [0, 0.05) is 28.6 Å². The van der Waals surface area contributed by atoms with Gasteiger partial charge in [-0.1, -0.05) is 34.1 Å². The monoisotopic (exact) mass is 509 g/mol. The number of halogens is 2. The second-order valence-corrected chi connectivity index (χ2v) is 9.28. The number of carbonyl (C=O) groups is 2. The lowest BCUT2D eigenvalue weighted by molar-refractivity contribution is 0.0378. The van der Waals surface area contributed by atoms with Crippen molar-refractivity contribution < 1.29 is 18.7 Å². The molecule has 1 saturated heterocycles. The first-order valence-electron chi connectivity index (χ1n) is 10.5. The van der Waals surface area contributed by atoms with Gasteiger partial charge in [-0.2, -0.15) is 0 Å². The van der Waals surface area contributed by atoms with Crippen molar-refractivity contribution in [2.24, 2.45) is 0 Å². The molecule has 3 aromatic carbocycles. The summed E-state index contributed by atoms with van der Waals surface area (Å²) in [7, 11) is 0. The lowest BCUT2D eigenvalue weighted by atomic mass is 9.90. The van der Waals surface area contributed by atoms with Crippen LogP contribution >= 0.6 is 15.9 Å². The van der Waals surface area contributed by atoms with Crippen molar-refractivity contribution >= 4 is 33.6 Å². The molecule has 168 valence electrons. The maximum Gasteiger partial charge on any atom is 0.325 e. The quantitative estimate of drug-likeness (QED) is 0.502. The number of rotatable bonds is 4. The van der Waals surface area contributed by atoms with Crippen LogP contribution in [0.1, 0.15) is 40.9 Å². The molecule has 0 aliphatic carbocycles. The second-order valence-electron chi connectivity index (χ2n) is 8.36. The van der Waals surface area contributed by atoms with E-state index in [0.29, 0.717) is 17.7 Å². The summed E-state index contributed by atoms with van der Waals surface area (Å²) < 4.78 is 20.3. The standard InChI is InChI=1S/C25H21BrFN3O3/c1-25-13-21(20-12-17(26)7-10-22(20)33-25)29-24(32)30(25)19-4-2-3-16(11-19)23(31)28-14-15-5-8-18(27)9-6-15/h2-12,21H,13-14H2,1H3,(H,28,31)(H,29,32). The predicted molar refractivity (Wildman–Crippen MR) is 126 cm³/mol. The van der Waals surface area contributed by atoms with Gasteiger partial charge < -0.3 is 15.4 Å². The van der Waals surface area contributed by atoms with Gasteiger partial charge in [0.05, 0.1) is 11.7 Å². The summed E-state index contributed by atoms with van der Waals surface area (Å²) in [5, 5.41) is 5.89. The van der Waals surface area contributed by atoms with Crippen LogP contribution in [-0.4, -0.2) is 17.7 Å². The molecule has 0 saturated carbocycles. The number of urea groups is 1. The Kier molecular flexibility index (Phi) is 5.32. The maximum atomic E-state index is 13.1. The largest absolute Gasteiger partial charge is 0.467 e. The van der Waals surface area contributed by atoms with Gasteiger partial charge in [0.25, 0.3) is 5.91 Å². The van der Waals surface area contributed by atoms with Crippen LogP contribution in [0, 0.1) is 5.82 Å². The number of nitrogens with one attached hydrogen (secondary N) is 2. The number of ether oxygens (including phenoxy) is 1. The predicted octanol–water partition coefficient (Wildman–Crippen LogP) is 5.29. The van der Waals surface area contributed by atoms with Crippen LogP contribution in [0.5, 0.6) is 5.75 Å². The van der Waals surface area contributed by atoms with Crippen molar-refractivity contribution in [1.82, 2.24) is 10.6 Å². The van der Waals surface area contributed by atoms with Gasteiger partial charge in [-0.25, -0.2) is 9.18 Å². The van der Waals surface area contributed by atoms with Crippen LogP contribution < -0.4 is 20.3 Å². The van der Waals surface area contributed by atoms with Crippen LogP contribution in [-0.2, 0) is 6.54 Å². The average Bonchev–Trinajstić information content (AvgIpc) is 2.79. The van der Waals surface area contributed by atoms with Crippen molar-refractivity contribution in [1.29, 1.82) is 0 Å². The van der Waals surface area contributed by atoms with Crippen molar-refractivity contribution in [2.75, 3.05) is 4.90 Å². The van der Waals surface area contributed by atoms with E-state index in [-0.39, 0.29) is 30.3 Å². The summed E-state index contributed by atoms with van der Waals surface area (Å²) in [4.78, 5) is 27.4. The Bertz CT molecular complexity index is 1250. The smallest absolute Gasteiger partial charge is 0.325 e. The topological polar surface area (TPSA) is 70.7 Å². The Morgan fingerprint density at radius 3 is 2.79 bits per heavy atom. The zero-order valence-electron chi connectivity index (χ0n) is 17.8. The molecular weight excluding hydrogens is 489 g/mol. The van der Waals surface area contributed by atoms with E-state index in [0.717, 1.165) is 21.3 Å². The molecule has 0 spiro atoms. The fourth-order valence-corrected chi connectivity index (χ4v) is 4.79. The van der Waals surface area contributed by atoms with E-state index in [9.17, 15) is 14.0 Å². The zero-order valence-corrected chi connectivity index (χ0v) is 19.4. The van der Waals surface area contributed by atoms with Crippen LogP contribution in [0.25, 0.3) is 0 Å². The number of amides is 3. The molecule has 2 aliphatic heterocycles. The molecule has 2 bridgehead atoms. The van der Waals surface area contributed by atoms with Crippen molar-refractivity contribution in [3.05, 3.63) is 93.7 Å². The van der Waals surface area contributed by atoms with Crippen LogP contribution in [0.4, 0.5) is 14.9 Å². The van der Waals surface area contributed by atoms with Gasteiger partial charge in [0.2, 0.25) is 0 Å². The van der Waals surface area contributed by atoms with Crippen LogP contribution in [0.2, 0.25) is 0 Å². The number of nitrogens with zero attached hydrogens (tertiary/aromatic N) is 1. The molecule has 6 nitrogen and oxygen atoms in total. The van der Waals surface area contributed by atoms with E-state index in [1.807, 2.05) is 25.1 Å². The van der Waals surface area contributed by atoms with Gasteiger partial charge in [-0.3, -0.25) is 9.69 Å². The minimum atomic E-state index is -0.906. The van der Waals surface area contributed by atoms with E-state index in [1.54, 1.807) is 41.3 Å². The van der Waals surface area contributed by atoms with Crippen molar-refractivity contribution in [2.45, 2.75) is 31.7 Å². The summed E-state index contributed by atoms with van der Waals surface area (Å²) in [6.45, 7) is 2.15. The fraction of sp³-hybridized carbons (Fsp3) is 0.200. The molecule has 33 heavy (non-hydrogen) atoms. The maximum absolute atomic E-state index is 13.1. The van der Waals surface area contributed by atoms with E-state index in [4.69, 9.17) is 4.74 Å². The Morgan fingerprint density at radius 1 is 1.21 bits per heavy atom. The lowest BCUT2D eigenvalue weighted by Gasteiger charge is -2.50. The first-order chi connectivity index (χ1) is 15.8. The Hall–Kier alpha value is -3.39. The normalized spacial score (nSPS) is 21.0. The summed E-state index contributed by atoms with van der Waals surface area (Å²) in [5.41, 5.74) is 1.79. The van der Waals surface area contributed by atoms with E-state index < -0.39 is 5.72 Å². The number of fused-ring (bicyclic) bond motifs is 4. The third-order valence-corrected chi connectivity index (χ3v) is 6.46. The van der Waals surface area contributed by atoms with Crippen molar-refractivity contribution in [3.63, 3.8) is 0 Å². The molecule has 3 amide bonds. The Balaban J connectivity index is 1.39. The third kappa shape index (κ3) is 4.06. The highest BCUT2D eigenvalue weighted by Crippen LogP contribution is 2.46. The highest BCUT2D eigenvalue weighted by atomic mass is 79.9. The van der Waals surface area contributed by atoms with Gasteiger partial charge in [-0.15, -0.1) is 0 Å². The molecule has 2 N–H and O–H groups in total. The van der Waals surface area contributed by atoms with Crippen LogP contribution in [0.15, 0.2) is 71.2 Å². The summed E-state index contributed by atoms with van der Waals surface area (Å²) in [6, 6.07) is 18.1. The molecular formula is C25H21BrFN3O3. The first-order valence-corrected chi connectivity index (χ1v) is 11.3. The van der Waals surface area contributed by atoms with Crippen LogP contribution in [0.3, 0.4) is 0 Å². The first kappa shape index (κ1) is 21.5. The molecule has 8 heteroatoms. The molecule has 1 fully saturated rings. The van der Waals surface area contributed by atoms with Gasteiger partial charge in [-0.05, 0) is 61.0 Å². The van der Waals surface area contributed by atoms with E-state index in [2.05, 4.69) is 26.6 Å². The van der Waals surface area contributed by atoms with Gasteiger partial charge in [0.1, 0.15) is 11.6 Å². The summed E-state index contributed by atoms with van der Waals surface area (Å²) in [6.07, 6.45) is 0.559. The SMILES string of the molecule is CC12CC(NC(=O)N1c1cccc(C(=O)NCc3ccc(F)cc3)c1)c1cc(Br)ccc1O2. The molecule has 2 heterocycles. The number of carbonyl (C=O) groups excluding carboxylic acids is 2. The third-order valence-electron chi connectivity index (χ3n) is 5.97. The summed E-state index contributed by atoms with van der Waals surface area (Å²) >= 11 is 3.48. The second kappa shape index (κ2) is 8.19. The van der Waals surface area contributed by atoms with E-state index in [1.165, 1.54) is 12.1 Å². The van der Waals surface area contributed by atoms with Crippen molar-refractivity contribution in [3.8, 4) is 5.75 Å². The molecule has 2 unspecified atom stereocenters. The average molecular weight is 510 g/mol. The number of hydrogen-bond acceptors (Lipinski definition) is 3. The molecule has 0 aromatic heterocycles. The number of benzene rings is 3. The lowest BCUT2D eigenvalue weighted by Crippen LogP contribution is -2.65. The highest BCUT2D eigenvalue weighted by Gasteiger charge is 2.49. The minimum Gasteiger partial charge on any atom is -0.467 e. The molecule has 0 radical (unpaired) electrons. The number of anilines is 1. The Morgan fingerprint density at radius 2 is 2.00 bits per heavy atom. The summed E-state index contributed by atoms with van der Waals surface area (Å²) in [5.74, 6) is 0.102. The molecule has 3 aromatic rings. The molecule has 5 rings (SSSR count). The molecule has 2 atom stereocenters. The zero-order chi connectivity index (χ0) is 23.2. The molecule has 2 aliphatic rings. The minimum absolute atomic E-state index is 0.165. The Labute approximate surface area is 198 Å². The van der Waals surface area contributed by atoms with E-state index >= 15 is 0 Å². The fourth-order valence-electron chi connectivity index (χ4n) is 4.41. The number of hydrogen-bond donors (Lipinski definition) is 2.